The van der Waals surface area contributed by atoms with Gasteiger partial charge < -0.3 is 9.84 Å². The van der Waals surface area contributed by atoms with Gasteiger partial charge in [-0.05, 0) is 32.0 Å². The summed E-state index contributed by atoms with van der Waals surface area (Å²) in [4.78, 5) is 18.4. The predicted molar refractivity (Wildman–Crippen MR) is 96.0 cm³/mol. The first-order valence-electron chi connectivity index (χ1n) is 8.32. The van der Waals surface area contributed by atoms with Crippen molar-refractivity contribution >= 4 is 16.8 Å². The molecular formula is C19H22N4O2. The molecule has 1 amide bonds. The summed E-state index contributed by atoms with van der Waals surface area (Å²) in [7, 11) is 1.89. The lowest BCUT2D eigenvalue weighted by atomic mass is 10.1. The Morgan fingerprint density at radius 2 is 2.12 bits per heavy atom. The van der Waals surface area contributed by atoms with E-state index >= 15 is 0 Å². The van der Waals surface area contributed by atoms with E-state index in [1.54, 1.807) is 6.20 Å². The smallest absolute Gasteiger partial charge is 0.234 e. The van der Waals surface area contributed by atoms with Crippen LogP contribution in [0, 0.1) is 6.92 Å². The van der Waals surface area contributed by atoms with Crippen LogP contribution in [-0.4, -0.2) is 41.1 Å². The number of pyridine rings is 1. The van der Waals surface area contributed by atoms with E-state index in [0.29, 0.717) is 19.6 Å². The molecule has 3 rings (SSSR count). The minimum atomic E-state index is -0.00378. The lowest BCUT2D eigenvalue weighted by Crippen LogP contribution is -2.35. The van der Waals surface area contributed by atoms with Gasteiger partial charge in [-0.15, -0.1) is 0 Å². The van der Waals surface area contributed by atoms with Crippen molar-refractivity contribution in [3.63, 3.8) is 0 Å². The van der Waals surface area contributed by atoms with Crippen molar-refractivity contribution in [1.82, 2.24) is 20.4 Å². The minimum Gasteiger partial charge on any atom is -0.361 e. The van der Waals surface area contributed by atoms with Gasteiger partial charge in [0.15, 0.2) is 0 Å². The molecule has 0 radical (unpaired) electrons. The molecule has 0 saturated heterocycles. The maximum absolute atomic E-state index is 12.1. The molecule has 0 aliphatic heterocycles. The SMILES string of the molecule is Cc1cc(CN(C)CC(=O)NCCc2cccc3cccnc23)no1. The van der Waals surface area contributed by atoms with Crippen molar-refractivity contribution in [2.45, 2.75) is 19.9 Å². The third kappa shape index (κ3) is 4.64. The largest absolute Gasteiger partial charge is 0.361 e. The number of fused-ring (bicyclic) bond motifs is 1. The molecular weight excluding hydrogens is 316 g/mol. The van der Waals surface area contributed by atoms with Crippen molar-refractivity contribution in [3.05, 3.63) is 59.6 Å². The fourth-order valence-electron chi connectivity index (χ4n) is 2.83. The number of likely N-dealkylation sites (N-methyl/N-ethyl adjacent to an activating group) is 1. The number of para-hydroxylation sites is 1. The van der Waals surface area contributed by atoms with Crippen LogP contribution in [0.2, 0.25) is 0 Å². The maximum Gasteiger partial charge on any atom is 0.234 e. The van der Waals surface area contributed by atoms with Crippen molar-refractivity contribution in [1.29, 1.82) is 0 Å². The molecule has 0 bridgehead atoms. The molecule has 0 atom stereocenters. The van der Waals surface area contributed by atoms with Gasteiger partial charge in [-0.25, -0.2) is 0 Å². The van der Waals surface area contributed by atoms with Gasteiger partial charge in [-0.3, -0.25) is 14.7 Å². The van der Waals surface area contributed by atoms with Crippen LogP contribution in [0.3, 0.4) is 0 Å². The van der Waals surface area contributed by atoms with Crippen LogP contribution >= 0.6 is 0 Å². The Bertz CT molecular complexity index is 854. The second-order valence-corrected chi connectivity index (χ2v) is 6.19. The fourth-order valence-corrected chi connectivity index (χ4v) is 2.83. The molecule has 0 unspecified atom stereocenters. The number of nitrogens with one attached hydrogen (secondary N) is 1. The zero-order valence-electron chi connectivity index (χ0n) is 14.5. The summed E-state index contributed by atoms with van der Waals surface area (Å²) < 4.78 is 5.04. The van der Waals surface area contributed by atoms with Crippen LogP contribution in [0.25, 0.3) is 10.9 Å². The van der Waals surface area contributed by atoms with E-state index in [-0.39, 0.29) is 5.91 Å². The molecule has 1 aromatic carbocycles. The lowest BCUT2D eigenvalue weighted by molar-refractivity contribution is -0.122. The first kappa shape index (κ1) is 17.1. The Morgan fingerprint density at radius 1 is 1.28 bits per heavy atom. The molecule has 6 heteroatoms. The normalized spacial score (nSPS) is 11.2. The second kappa shape index (κ2) is 7.90. The van der Waals surface area contributed by atoms with Crippen LogP contribution < -0.4 is 5.32 Å². The van der Waals surface area contributed by atoms with Gasteiger partial charge in [0.1, 0.15) is 5.76 Å². The zero-order valence-corrected chi connectivity index (χ0v) is 14.5. The first-order valence-corrected chi connectivity index (χ1v) is 8.32. The average molecular weight is 338 g/mol. The van der Waals surface area contributed by atoms with Gasteiger partial charge in [-0.2, -0.15) is 0 Å². The monoisotopic (exact) mass is 338 g/mol. The highest BCUT2D eigenvalue weighted by molar-refractivity contribution is 5.81. The number of amides is 1. The van der Waals surface area contributed by atoms with Gasteiger partial charge in [0.2, 0.25) is 5.91 Å². The Kier molecular flexibility index (Phi) is 5.40. The summed E-state index contributed by atoms with van der Waals surface area (Å²) in [6, 6.07) is 12.0. The van der Waals surface area contributed by atoms with Crippen LogP contribution in [-0.2, 0) is 17.8 Å². The van der Waals surface area contributed by atoms with Crippen molar-refractivity contribution in [3.8, 4) is 0 Å². The van der Waals surface area contributed by atoms with Crippen LogP contribution in [0.1, 0.15) is 17.0 Å². The van der Waals surface area contributed by atoms with E-state index in [9.17, 15) is 4.79 Å². The average Bonchev–Trinajstić information content (AvgIpc) is 2.99. The van der Waals surface area contributed by atoms with E-state index in [0.717, 1.165) is 34.3 Å². The molecule has 0 fully saturated rings. The Hall–Kier alpha value is -2.73. The van der Waals surface area contributed by atoms with E-state index < -0.39 is 0 Å². The van der Waals surface area contributed by atoms with Gasteiger partial charge >= 0.3 is 0 Å². The molecule has 130 valence electrons. The number of aromatic nitrogens is 2. The summed E-state index contributed by atoms with van der Waals surface area (Å²) >= 11 is 0. The van der Waals surface area contributed by atoms with Crippen molar-refractivity contribution < 1.29 is 9.32 Å². The number of hydrogen-bond acceptors (Lipinski definition) is 5. The summed E-state index contributed by atoms with van der Waals surface area (Å²) in [5.74, 6) is 0.771. The molecule has 0 aliphatic carbocycles. The van der Waals surface area contributed by atoms with Gasteiger partial charge in [0.25, 0.3) is 0 Å². The van der Waals surface area contributed by atoms with E-state index in [4.69, 9.17) is 4.52 Å². The highest BCUT2D eigenvalue weighted by Gasteiger charge is 2.09. The third-order valence-electron chi connectivity index (χ3n) is 3.95. The number of carbonyl (C=O) groups excluding carboxylic acids is 1. The van der Waals surface area contributed by atoms with Crippen LogP contribution in [0.5, 0.6) is 0 Å². The number of aryl methyl sites for hydroxylation is 1. The van der Waals surface area contributed by atoms with Gasteiger partial charge in [-0.1, -0.05) is 29.4 Å². The molecule has 1 N–H and O–H groups in total. The van der Waals surface area contributed by atoms with Crippen LogP contribution in [0.4, 0.5) is 0 Å². The molecule has 2 aromatic heterocycles. The summed E-state index contributed by atoms with van der Waals surface area (Å²) in [5.41, 5.74) is 2.97. The summed E-state index contributed by atoms with van der Waals surface area (Å²) in [6.45, 7) is 3.34. The molecule has 0 saturated carbocycles. The highest BCUT2D eigenvalue weighted by Crippen LogP contribution is 2.15. The molecule has 6 nitrogen and oxygen atoms in total. The third-order valence-corrected chi connectivity index (χ3v) is 3.95. The van der Waals surface area contributed by atoms with E-state index in [1.807, 2.05) is 49.2 Å². The minimum absolute atomic E-state index is 0.00378. The lowest BCUT2D eigenvalue weighted by Gasteiger charge is -2.14. The van der Waals surface area contributed by atoms with Crippen molar-refractivity contribution in [2.75, 3.05) is 20.1 Å². The highest BCUT2D eigenvalue weighted by atomic mass is 16.5. The fraction of sp³-hybridized carbons (Fsp3) is 0.316. The van der Waals surface area contributed by atoms with E-state index in [1.165, 1.54) is 0 Å². The van der Waals surface area contributed by atoms with Gasteiger partial charge in [0.05, 0.1) is 17.8 Å². The second-order valence-electron chi connectivity index (χ2n) is 6.19. The molecule has 3 aromatic rings. The van der Waals surface area contributed by atoms with Crippen molar-refractivity contribution in [2.24, 2.45) is 0 Å². The number of benzene rings is 1. The van der Waals surface area contributed by atoms with Crippen LogP contribution in [0.15, 0.2) is 47.1 Å². The zero-order chi connectivity index (χ0) is 17.6. The molecule has 0 spiro atoms. The Balaban J connectivity index is 1.47. The number of nitrogens with zero attached hydrogens (tertiary/aromatic N) is 3. The summed E-state index contributed by atoms with van der Waals surface area (Å²) in [5, 5.41) is 8.02. The summed E-state index contributed by atoms with van der Waals surface area (Å²) in [6.07, 6.45) is 2.55. The predicted octanol–water partition coefficient (Wildman–Crippen LogP) is 2.32. The number of carbonyl (C=O) groups is 1. The molecule has 2 heterocycles. The van der Waals surface area contributed by atoms with E-state index in [2.05, 4.69) is 21.5 Å². The maximum atomic E-state index is 12.1. The Morgan fingerprint density at radius 3 is 2.92 bits per heavy atom. The molecule has 0 aliphatic rings. The standard InChI is InChI=1S/C19H22N4O2/c1-14-11-17(22-25-14)12-23(2)13-18(24)20-10-8-16-6-3-5-15-7-4-9-21-19(15)16/h3-7,9,11H,8,10,12-13H2,1-2H3,(H,20,24). The van der Waals surface area contributed by atoms with Gasteiger partial charge in [0, 0.05) is 30.7 Å². The first-order chi connectivity index (χ1) is 12.1. The molecule has 25 heavy (non-hydrogen) atoms. The number of hydrogen-bond donors (Lipinski definition) is 1. The Labute approximate surface area is 146 Å². The topological polar surface area (TPSA) is 71.3 Å². The number of rotatable bonds is 7. The quantitative estimate of drug-likeness (QED) is 0.716.